The Kier molecular flexibility index (Phi) is 4.26. The van der Waals surface area contributed by atoms with Crippen LogP contribution in [-0.4, -0.2) is 28.9 Å². The third-order valence-electron chi connectivity index (χ3n) is 3.87. The number of carbonyl (C=O) groups excluding carboxylic acids is 2. The average Bonchev–Trinajstić information content (AvgIpc) is 2.80. The standard InChI is InChI=1S/C15H19N3O3/c1-4-9(2)13-14(19)18(15(20)16-13)12-7-5-11(6-8-12)10(3)17-21/h5-9,13,21H,4H2,1-3H3,(H,16,20)/b17-10+. The lowest BCUT2D eigenvalue weighted by Crippen LogP contribution is -2.35. The lowest BCUT2D eigenvalue weighted by atomic mass is 9.99. The van der Waals surface area contributed by atoms with Gasteiger partial charge in [0.05, 0.1) is 11.4 Å². The summed E-state index contributed by atoms with van der Waals surface area (Å²) in [6.45, 7) is 5.59. The number of nitrogens with one attached hydrogen (secondary N) is 1. The van der Waals surface area contributed by atoms with E-state index in [1.165, 1.54) is 0 Å². The third kappa shape index (κ3) is 2.74. The molecule has 1 aliphatic heterocycles. The smallest absolute Gasteiger partial charge is 0.329 e. The Morgan fingerprint density at radius 2 is 2.00 bits per heavy atom. The molecule has 1 aromatic rings. The summed E-state index contributed by atoms with van der Waals surface area (Å²) in [6.07, 6.45) is 0.815. The first-order valence-electron chi connectivity index (χ1n) is 6.93. The predicted octanol–water partition coefficient (Wildman–Crippen LogP) is 2.36. The monoisotopic (exact) mass is 289 g/mol. The van der Waals surface area contributed by atoms with E-state index < -0.39 is 12.1 Å². The molecule has 1 fully saturated rings. The van der Waals surface area contributed by atoms with Gasteiger partial charge >= 0.3 is 6.03 Å². The van der Waals surface area contributed by atoms with Crippen LogP contribution < -0.4 is 10.2 Å². The fourth-order valence-corrected chi connectivity index (χ4v) is 2.27. The van der Waals surface area contributed by atoms with Crippen molar-refractivity contribution in [3.63, 3.8) is 0 Å². The highest BCUT2D eigenvalue weighted by atomic mass is 16.4. The molecular weight excluding hydrogens is 270 g/mol. The molecule has 6 nitrogen and oxygen atoms in total. The minimum absolute atomic E-state index is 0.0921. The second kappa shape index (κ2) is 5.95. The molecule has 1 saturated heterocycles. The van der Waals surface area contributed by atoms with Gasteiger partial charge < -0.3 is 10.5 Å². The van der Waals surface area contributed by atoms with Gasteiger partial charge in [-0.1, -0.05) is 37.6 Å². The molecular formula is C15H19N3O3. The van der Waals surface area contributed by atoms with Gasteiger partial charge in [-0.25, -0.2) is 9.69 Å². The second-order valence-electron chi connectivity index (χ2n) is 5.22. The molecule has 21 heavy (non-hydrogen) atoms. The van der Waals surface area contributed by atoms with Crippen molar-refractivity contribution in [3.8, 4) is 0 Å². The number of anilines is 1. The predicted molar refractivity (Wildman–Crippen MR) is 79.7 cm³/mol. The van der Waals surface area contributed by atoms with Crippen LogP contribution in [0.1, 0.15) is 32.8 Å². The van der Waals surface area contributed by atoms with Gasteiger partial charge in [-0.05, 0) is 30.5 Å². The topological polar surface area (TPSA) is 82.0 Å². The SMILES string of the molecule is CCC(C)C1NC(=O)N(c2ccc(/C(C)=N/O)cc2)C1=O. The van der Waals surface area contributed by atoms with E-state index in [2.05, 4.69) is 10.5 Å². The Morgan fingerprint density at radius 3 is 2.52 bits per heavy atom. The van der Waals surface area contributed by atoms with E-state index in [1.54, 1.807) is 31.2 Å². The Balaban J connectivity index is 2.26. The van der Waals surface area contributed by atoms with Crippen LogP contribution in [0, 0.1) is 5.92 Å². The fourth-order valence-electron chi connectivity index (χ4n) is 2.27. The molecule has 0 radical (unpaired) electrons. The highest BCUT2D eigenvalue weighted by molar-refractivity contribution is 6.21. The number of benzene rings is 1. The number of oxime groups is 1. The zero-order valence-electron chi connectivity index (χ0n) is 12.3. The van der Waals surface area contributed by atoms with Gasteiger partial charge in [-0.3, -0.25) is 4.79 Å². The molecule has 6 heteroatoms. The summed E-state index contributed by atoms with van der Waals surface area (Å²) in [5.41, 5.74) is 1.71. The van der Waals surface area contributed by atoms with Crippen LogP contribution >= 0.6 is 0 Å². The normalized spacial score (nSPS) is 20.6. The molecule has 0 aliphatic carbocycles. The number of nitrogens with zero attached hydrogens (tertiary/aromatic N) is 2. The van der Waals surface area contributed by atoms with Crippen molar-refractivity contribution < 1.29 is 14.8 Å². The first-order chi connectivity index (χ1) is 9.99. The van der Waals surface area contributed by atoms with Gasteiger partial charge in [0.15, 0.2) is 0 Å². The molecule has 2 rings (SSSR count). The van der Waals surface area contributed by atoms with Crippen molar-refractivity contribution >= 4 is 23.3 Å². The lowest BCUT2D eigenvalue weighted by Gasteiger charge is -2.16. The summed E-state index contributed by atoms with van der Waals surface area (Å²) in [5, 5.41) is 14.6. The van der Waals surface area contributed by atoms with Crippen LogP contribution in [0.4, 0.5) is 10.5 Å². The molecule has 2 unspecified atom stereocenters. The summed E-state index contributed by atoms with van der Waals surface area (Å²) in [7, 11) is 0. The number of imide groups is 1. The van der Waals surface area contributed by atoms with Crippen molar-refractivity contribution in [3.05, 3.63) is 29.8 Å². The molecule has 2 N–H and O–H groups in total. The highest BCUT2D eigenvalue weighted by Crippen LogP contribution is 2.24. The molecule has 2 atom stereocenters. The molecule has 0 spiro atoms. The van der Waals surface area contributed by atoms with Gasteiger partial charge in [-0.15, -0.1) is 0 Å². The van der Waals surface area contributed by atoms with Crippen LogP contribution in [0.5, 0.6) is 0 Å². The van der Waals surface area contributed by atoms with Crippen LogP contribution in [-0.2, 0) is 4.79 Å². The van der Waals surface area contributed by atoms with Crippen molar-refractivity contribution in [2.24, 2.45) is 11.1 Å². The van der Waals surface area contributed by atoms with Crippen molar-refractivity contribution in [2.45, 2.75) is 33.2 Å². The molecule has 112 valence electrons. The van der Waals surface area contributed by atoms with Crippen LogP contribution in [0.25, 0.3) is 0 Å². The largest absolute Gasteiger partial charge is 0.411 e. The van der Waals surface area contributed by atoms with Crippen LogP contribution in [0.15, 0.2) is 29.4 Å². The summed E-state index contributed by atoms with van der Waals surface area (Å²) in [5.74, 6) is -0.135. The first-order valence-corrected chi connectivity index (χ1v) is 6.93. The molecule has 1 aromatic carbocycles. The molecule has 1 heterocycles. The van der Waals surface area contributed by atoms with Gasteiger partial charge in [-0.2, -0.15) is 0 Å². The summed E-state index contributed by atoms with van der Waals surface area (Å²) in [4.78, 5) is 25.6. The number of hydrogen-bond donors (Lipinski definition) is 2. The minimum atomic E-state index is -0.470. The average molecular weight is 289 g/mol. The number of amides is 3. The Bertz CT molecular complexity index is 580. The van der Waals surface area contributed by atoms with Gasteiger partial charge in [0.25, 0.3) is 5.91 Å². The molecule has 0 bridgehead atoms. The van der Waals surface area contributed by atoms with Crippen molar-refractivity contribution in [1.29, 1.82) is 0 Å². The summed E-state index contributed by atoms with van der Waals surface area (Å²) in [6, 6.07) is 5.89. The van der Waals surface area contributed by atoms with E-state index >= 15 is 0 Å². The maximum Gasteiger partial charge on any atom is 0.329 e. The third-order valence-corrected chi connectivity index (χ3v) is 3.87. The van der Waals surface area contributed by atoms with E-state index in [0.717, 1.165) is 16.9 Å². The second-order valence-corrected chi connectivity index (χ2v) is 5.22. The molecule has 3 amide bonds. The fraction of sp³-hybridized carbons (Fsp3) is 0.400. The maximum atomic E-state index is 12.4. The summed E-state index contributed by atoms with van der Waals surface area (Å²) < 4.78 is 0. The van der Waals surface area contributed by atoms with Crippen LogP contribution in [0.3, 0.4) is 0 Å². The van der Waals surface area contributed by atoms with E-state index in [-0.39, 0.29) is 11.8 Å². The number of urea groups is 1. The van der Waals surface area contributed by atoms with E-state index in [4.69, 9.17) is 5.21 Å². The quantitative estimate of drug-likeness (QED) is 0.386. The maximum absolute atomic E-state index is 12.4. The number of hydrogen-bond acceptors (Lipinski definition) is 4. The zero-order valence-corrected chi connectivity index (χ0v) is 12.3. The van der Waals surface area contributed by atoms with E-state index in [0.29, 0.717) is 11.4 Å². The minimum Gasteiger partial charge on any atom is -0.411 e. The first kappa shape index (κ1) is 15.0. The van der Waals surface area contributed by atoms with E-state index in [9.17, 15) is 9.59 Å². The Morgan fingerprint density at radius 1 is 1.38 bits per heavy atom. The van der Waals surface area contributed by atoms with Crippen molar-refractivity contribution in [2.75, 3.05) is 4.90 Å². The summed E-state index contributed by atoms with van der Waals surface area (Å²) >= 11 is 0. The van der Waals surface area contributed by atoms with Gasteiger partial charge in [0.2, 0.25) is 0 Å². The van der Waals surface area contributed by atoms with Crippen LogP contribution in [0.2, 0.25) is 0 Å². The number of carbonyl (C=O) groups is 2. The van der Waals surface area contributed by atoms with E-state index in [1.807, 2.05) is 13.8 Å². The van der Waals surface area contributed by atoms with Crippen molar-refractivity contribution in [1.82, 2.24) is 5.32 Å². The van der Waals surface area contributed by atoms with Gasteiger partial charge in [0, 0.05) is 0 Å². The highest BCUT2D eigenvalue weighted by Gasteiger charge is 2.41. The Labute approximate surface area is 123 Å². The molecule has 0 aromatic heterocycles. The zero-order chi connectivity index (χ0) is 15.6. The lowest BCUT2D eigenvalue weighted by molar-refractivity contribution is -0.119. The van der Waals surface area contributed by atoms with Gasteiger partial charge in [0.1, 0.15) is 6.04 Å². The Hall–Kier alpha value is -2.37. The molecule has 1 aliphatic rings. The number of rotatable bonds is 4. The molecule has 0 saturated carbocycles.